The summed E-state index contributed by atoms with van der Waals surface area (Å²) in [6, 6.07) is 15.2. The van der Waals surface area contributed by atoms with Crippen LogP contribution in [0.1, 0.15) is 43.1 Å². The van der Waals surface area contributed by atoms with Crippen LogP contribution in [0.4, 0.5) is 11.4 Å². The smallest absolute Gasteiger partial charge is 0.251 e. The maximum Gasteiger partial charge on any atom is 0.251 e. The average molecular weight is 365 g/mol. The number of hydrogen-bond donors (Lipinski definition) is 2. The number of benzene rings is 2. The lowest BCUT2D eigenvalue weighted by atomic mass is 10.0. The van der Waals surface area contributed by atoms with E-state index in [-0.39, 0.29) is 17.4 Å². The van der Waals surface area contributed by atoms with Gasteiger partial charge in [0.25, 0.3) is 5.91 Å². The first kappa shape index (κ1) is 19.0. The van der Waals surface area contributed by atoms with Crippen molar-refractivity contribution in [1.82, 2.24) is 5.32 Å². The van der Waals surface area contributed by atoms with Gasteiger partial charge in [-0.05, 0) is 69.5 Å². The van der Waals surface area contributed by atoms with Gasteiger partial charge in [0, 0.05) is 29.0 Å². The topological polar surface area (TPSA) is 61.4 Å². The first-order valence-electron chi connectivity index (χ1n) is 9.37. The van der Waals surface area contributed by atoms with Crippen molar-refractivity contribution in [2.24, 2.45) is 0 Å². The summed E-state index contributed by atoms with van der Waals surface area (Å²) in [5, 5.41) is 5.85. The second kappa shape index (κ2) is 7.82. The Kier molecular flexibility index (Phi) is 5.49. The van der Waals surface area contributed by atoms with Crippen molar-refractivity contribution in [3.05, 3.63) is 59.7 Å². The minimum Gasteiger partial charge on any atom is -0.362 e. The van der Waals surface area contributed by atoms with Crippen LogP contribution in [-0.2, 0) is 11.2 Å². The van der Waals surface area contributed by atoms with E-state index in [0.717, 1.165) is 25.1 Å². The number of anilines is 2. The van der Waals surface area contributed by atoms with E-state index in [9.17, 15) is 9.59 Å². The van der Waals surface area contributed by atoms with Crippen molar-refractivity contribution in [2.45, 2.75) is 39.2 Å². The average Bonchev–Trinajstić information content (AvgIpc) is 2.61. The number of nitrogens with zero attached hydrogens (tertiary/aromatic N) is 1. The van der Waals surface area contributed by atoms with Gasteiger partial charge in [-0.15, -0.1) is 0 Å². The Balaban J connectivity index is 1.60. The first-order valence-corrected chi connectivity index (χ1v) is 9.37. The minimum atomic E-state index is -0.283. The summed E-state index contributed by atoms with van der Waals surface area (Å²) < 4.78 is 0. The zero-order valence-electron chi connectivity index (χ0n) is 16.2. The fraction of sp³-hybridized carbons (Fsp3) is 0.364. The predicted octanol–water partition coefficient (Wildman–Crippen LogP) is 3.61. The molecule has 2 aromatic carbocycles. The summed E-state index contributed by atoms with van der Waals surface area (Å²) >= 11 is 0. The molecule has 0 fully saturated rings. The van der Waals surface area contributed by atoms with Crippen molar-refractivity contribution in [3.8, 4) is 0 Å². The standard InChI is InChI=1S/C22H27N3O2/c1-22(2,3)24-21(27)17-10-12-18(13-11-17)23-20(26)15-25-14-6-8-16-7-4-5-9-19(16)25/h4-5,7,9-13H,6,8,14-15H2,1-3H3,(H,23,26)(H,24,27). The predicted molar refractivity (Wildman–Crippen MR) is 109 cm³/mol. The SMILES string of the molecule is CC(C)(C)NC(=O)c1ccc(NC(=O)CN2CCCc3ccccc32)cc1. The zero-order chi connectivity index (χ0) is 19.4. The fourth-order valence-corrected chi connectivity index (χ4v) is 3.27. The molecule has 1 aliphatic heterocycles. The summed E-state index contributed by atoms with van der Waals surface area (Å²) in [4.78, 5) is 26.8. The molecule has 2 amide bonds. The van der Waals surface area contributed by atoms with Crippen LogP contribution < -0.4 is 15.5 Å². The molecule has 5 heteroatoms. The van der Waals surface area contributed by atoms with Crippen LogP contribution in [0.3, 0.4) is 0 Å². The van der Waals surface area contributed by atoms with Crippen molar-refractivity contribution in [1.29, 1.82) is 0 Å². The summed E-state index contributed by atoms with van der Waals surface area (Å²) in [5.74, 6) is -0.177. The van der Waals surface area contributed by atoms with Crippen LogP contribution in [0, 0.1) is 0 Å². The van der Waals surface area contributed by atoms with E-state index in [1.807, 2.05) is 32.9 Å². The van der Waals surface area contributed by atoms with Crippen molar-refractivity contribution < 1.29 is 9.59 Å². The third-order valence-electron chi connectivity index (χ3n) is 4.46. The van der Waals surface area contributed by atoms with Gasteiger partial charge >= 0.3 is 0 Å². The minimum absolute atomic E-state index is 0.0569. The van der Waals surface area contributed by atoms with E-state index in [0.29, 0.717) is 17.8 Å². The third kappa shape index (κ3) is 5.09. The molecule has 2 aromatic rings. The number of fused-ring (bicyclic) bond motifs is 1. The van der Waals surface area contributed by atoms with Crippen LogP contribution >= 0.6 is 0 Å². The highest BCUT2D eigenvalue weighted by atomic mass is 16.2. The quantitative estimate of drug-likeness (QED) is 0.870. The Morgan fingerprint density at radius 3 is 2.44 bits per heavy atom. The number of para-hydroxylation sites is 1. The number of aryl methyl sites for hydroxylation is 1. The van der Waals surface area contributed by atoms with Gasteiger partial charge in [-0.2, -0.15) is 0 Å². The molecular weight excluding hydrogens is 338 g/mol. The monoisotopic (exact) mass is 365 g/mol. The first-order chi connectivity index (χ1) is 12.8. The molecule has 0 saturated carbocycles. The van der Waals surface area contributed by atoms with E-state index in [1.54, 1.807) is 24.3 Å². The highest BCUT2D eigenvalue weighted by molar-refractivity contribution is 5.97. The highest BCUT2D eigenvalue weighted by Crippen LogP contribution is 2.26. The Morgan fingerprint density at radius 1 is 1.04 bits per heavy atom. The lowest BCUT2D eigenvalue weighted by molar-refractivity contribution is -0.115. The van der Waals surface area contributed by atoms with Gasteiger partial charge < -0.3 is 15.5 Å². The normalized spacial score (nSPS) is 13.7. The van der Waals surface area contributed by atoms with Gasteiger partial charge in [-0.3, -0.25) is 9.59 Å². The Bertz CT molecular complexity index is 822. The molecule has 5 nitrogen and oxygen atoms in total. The molecule has 0 aromatic heterocycles. The van der Waals surface area contributed by atoms with Gasteiger partial charge in [0.1, 0.15) is 0 Å². The molecule has 2 N–H and O–H groups in total. The van der Waals surface area contributed by atoms with E-state index in [2.05, 4.69) is 27.7 Å². The number of carbonyl (C=O) groups is 2. The highest BCUT2D eigenvalue weighted by Gasteiger charge is 2.19. The molecule has 0 spiro atoms. The van der Waals surface area contributed by atoms with Crippen molar-refractivity contribution in [2.75, 3.05) is 23.3 Å². The molecule has 1 heterocycles. The summed E-state index contributed by atoms with van der Waals surface area (Å²) in [6.45, 7) is 7.04. The molecule has 0 unspecified atom stereocenters. The van der Waals surface area contributed by atoms with E-state index >= 15 is 0 Å². The second-order valence-electron chi connectivity index (χ2n) is 7.98. The van der Waals surface area contributed by atoms with Crippen LogP contribution in [0.25, 0.3) is 0 Å². The van der Waals surface area contributed by atoms with E-state index in [4.69, 9.17) is 0 Å². The van der Waals surface area contributed by atoms with Crippen LogP contribution in [0.15, 0.2) is 48.5 Å². The maximum atomic E-state index is 12.5. The van der Waals surface area contributed by atoms with E-state index in [1.165, 1.54) is 5.56 Å². The summed E-state index contributed by atoms with van der Waals surface area (Å²) in [5.41, 5.74) is 3.43. The Hall–Kier alpha value is -2.82. The third-order valence-corrected chi connectivity index (χ3v) is 4.46. The van der Waals surface area contributed by atoms with Crippen LogP contribution in [-0.4, -0.2) is 30.4 Å². The van der Waals surface area contributed by atoms with Crippen molar-refractivity contribution >= 4 is 23.2 Å². The molecule has 1 aliphatic rings. The van der Waals surface area contributed by atoms with Gasteiger partial charge in [-0.25, -0.2) is 0 Å². The molecule has 3 rings (SSSR count). The van der Waals surface area contributed by atoms with Crippen molar-refractivity contribution in [3.63, 3.8) is 0 Å². The van der Waals surface area contributed by atoms with Crippen LogP contribution in [0.5, 0.6) is 0 Å². The molecule has 0 bridgehead atoms. The molecule has 142 valence electrons. The van der Waals surface area contributed by atoms with Gasteiger partial charge in [0.2, 0.25) is 5.91 Å². The number of rotatable bonds is 4. The fourth-order valence-electron chi connectivity index (χ4n) is 3.27. The zero-order valence-corrected chi connectivity index (χ0v) is 16.2. The number of amides is 2. The lowest BCUT2D eigenvalue weighted by Crippen LogP contribution is -2.40. The number of carbonyl (C=O) groups excluding carboxylic acids is 2. The number of nitrogens with one attached hydrogen (secondary N) is 2. The molecule has 27 heavy (non-hydrogen) atoms. The lowest BCUT2D eigenvalue weighted by Gasteiger charge is -2.30. The summed E-state index contributed by atoms with van der Waals surface area (Å²) in [7, 11) is 0. The van der Waals surface area contributed by atoms with Gasteiger partial charge in [0.15, 0.2) is 0 Å². The second-order valence-corrected chi connectivity index (χ2v) is 7.98. The van der Waals surface area contributed by atoms with Crippen LogP contribution in [0.2, 0.25) is 0 Å². The molecule has 0 radical (unpaired) electrons. The largest absolute Gasteiger partial charge is 0.362 e. The molecule has 0 aliphatic carbocycles. The molecular formula is C22H27N3O2. The molecule has 0 atom stereocenters. The molecule has 0 saturated heterocycles. The van der Waals surface area contributed by atoms with Gasteiger partial charge in [-0.1, -0.05) is 18.2 Å². The maximum absolute atomic E-state index is 12.5. The Labute approximate surface area is 160 Å². The summed E-state index contributed by atoms with van der Waals surface area (Å²) in [6.07, 6.45) is 2.12. The van der Waals surface area contributed by atoms with E-state index < -0.39 is 0 Å². The Morgan fingerprint density at radius 2 is 1.74 bits per heavy atom. The number of hydrogen-bond acceptors (Lipinski definition) is 3. The van der Waals surface area contributed by atoms with Gasteiger partial charge in [0.05, 0.1) is 6.54 Å².